The van der Waals surface area contributed by atoms with Crippen molar-refractivity contribution in [3.8, 4) is 5.69 Å². The lowest BCUT2D eigenvalue weighted by Crippen LogP contribution is -2.46. The number of pyridine rings is 1. The standard InChI is InChI=1S/C30H26FN3O3S/c1-20-5-12-24(13-6-20)38(36,37)25-14-7-21-16-28-27(33-19-34(28)23-10-8-22(31)9-11-23)18-30(21,17-25)29(35)26-4-2-3-15-32-26/h2-6,8-13,15-16,19,25H,7,14,17-18H2,1H3/t25-,30+/m0/s1. The first-order chi connectivity index (χ1) is 18.3. The lowest BCUT2D eigenvalue weighted by molar-refractivity contribution is 0.0795. The fraction of sp³-hybridized carbons (Fsp3) is 0.233. The average molecular weight is 528 g/mol. The zero-order valence-corrected chi connectivity index (χ0v) is 21.7. The van der Waals surface area contributed by atoms with Crippen molar-refractivity contribution in [1.29, 1.82) is 0 Å². The summed E-state index contributed by atoms with van der Waals surface area (Å²) in [6, 6.07) is 18.2. The first-order valence-corrected chi connectivity index (χ1v) is 14.1. The quantitative estimate of drug-likeness (QED) is 0.318. The third kappa shape index (κ3) is 4.00. The molecule has 0 spiro atoms. The summed E-state index contributed by atoms with van der Waals surface area (Å²) in [5, 5.41) is -0.712. The van der Waals surface area contributed by atoms with E-state index in [0.29, 0.717) is 24.2 Å². The molecule has 0 bridgehead atoms. The minimum atomic E-state index is -3.66. The van der Waals surface area contributed by atoms with Gasteiger partial charge < -0.3 is 0 Å². The van der Waals surface area contributed by atoms with E-state index in [0.717, 1.165) is 22.5 Å². The maximum atomic E-state index is 14.2. The summed E-state index contributed by atoms with van der Waals surface area (Å²) >= 11 is 0. The van der Waals surface area contributed by atoms with Crippen LogP contribution in [0.3, 0.4) is 0 Å². The maximum Gasteiger partial charge on any atom is 0.191 e. The molecule has 192 valence electrons. The molecule has 0 N–H and O–H groups in total. The van der Waals surface area contributed by atoms with Gasteiger partial charge in [0.05, 0.1) is 33.3 Å². The summed E-state index contributed by atoms with van der Waals surface area (Å²) in [5.41, 5.74) is 3.41. The fourth-order valence-corrected chi connectivity index (χ4v) is 7.59. The smallest absolute Gasteiger partial charge is 0.191 e. The Bertz CT molecular complexity index is 1660. The van der Waals surface area contributed by atoms with Crippen molar-refractivity contribution in [1.82, 2.24) is 14.5 Å². The zero-order chi connectivity index (χ0) is 26.5. The fourth-order valence-electron chi connectivity index (χ4n) is 5.76. The highest BCUT2D eigenvalue weighted by Crippen LogP contribution is 2.51. The molecule has 6 rings (SSSR count). The Labute approximate surface area is 220 Å². The van der Waals surface area contributed by atoms with Gasteiger partial charge in [0, 0.05) is 18.3 Å². The van der Waals surface area contributed by atoms with Crippen LogP contribution >= 0.6 is 0 Å². The predicted octanol–water partition coefficient (Wildman–Crippen LogP) is 5.55. The number of ketones is 1. The van der Waals surface area contributed by atoms with Crippen molar-refractivity contribution in [3.63, 3.8) is 0 Å². The van der Waals surface area contributed by atoms with Gasteiger partial charge >= 0.3 is 0 Å². The molecule has 0 radical (unpaired) electrons. The number of aryl methyl sites for hydroxylation is 1. The van der Waals surface area contributed by atoms with E-state index in [1.54, 1.807) is 67.1 Å². The van der Waals surface area contributed by atoms with Gasteiger partial charge in [-0.3, -0.25) is 14.3 Å². The van der Waals surface area contributed by atoms with Crippen LogP contribution in [0.25, 0.3) is 11.8 Å². The molecule has 1 fully saturated rings. The highest BCUT2D eigenvalue weighted by Gasteiger charge is 2.52. The molecule has 0 amide bonds. The molecule has 38 heavy (non-hydrogen) atoms. The molecule has 0 unspecified atom stereocenters. The van der Waals surface area contributed by atoms with Gasteiger partial charge in [-0.15, -0.1) is 0 Å². The maximum absolute atomic E-state index is 14.2. The Kier molecular flexibility index (Phi) is 5.87. The van der Waals surface area contributed by atoms with Crippen LogP contribution in [0.2, 0.25) is 0 Å². The average Bonchev–Trinajstić information content (AvgIpc) is 3.34. The van der Waals surface area contributed by atoms with Crippen LogP contribution < -0.4 is 0 Å². The molecular formula is C30H26FN3O3S. The number of nitrogens with zero attached hydrogens (tertiary/aromatic N) is 3. The number of rotatable bonds is 5. The van der Waals surface area contributed by atoms with Crippen LogP contribution in [0.1, 0.15) is 46.7 Å². The Hall–Kier alpha value is -3.91. The minimum Gasteiger partial charge on any atom is -0.299 e. The molecule has 8 heteroatoms. The van der Waals surface area contributed by atoms with Gasteiger partial charge in [-0.05, 0) is 80.8 Å². The first kappa shape index (κ1) is 24.4. The summed E-state index contributed by atoms with van der Waals surface area (Å²) in [5.74, 6) is -0.510. The largest absolute Gasteiger partial charge is 0.299 e. The Morgan fingerprint density at radius 1 is 1.03 bits per heavy atom. The highest BCUT2D eigenvalue weighted by molar-refractivity contribution is 7.92. The number of allylic oxidation sites excluding steroid dienone is 1. The van der Waals surface area contributed by atoms with Crippen molar-refractivity contribution >= 4 is 21.7 Å². The van der Waals surface area contributed by atoms with Crippen molar-refractivity contribution in [2.24, 2.45) is 5.41 Å². The molecule has 2 aromatic carbocycles. The van der Waals surface area contributed by atoms with Crippen LogP contribution in [0.15, 0.2) is 89.7 Å². The number of aromatic nitrogens is 3. The topological polar surface area (TPSA) is 81.9 Å². The van der Waals surface area contributed by atoms with Gasteiger partial charge in [-0.2, -0.15) is 0 Å². The van der Waals surface area contributed by atoms with Gasteiger partial charge in [-0.1, -0.05) is 29.3 Å². The molecule has 2 heterocycles. The van der Waals surface area contributed by atoms with Gasteiger partial charge in [0.15, 0.2) is 15.6 Å². The summed E-state index contributed by atoms with van der Waals surface area (Å²) in [7, 11) is -3.66. The minimum absolute atomic E-state index is 0.160. The summed E-state index contributed by atoms with van der Waals surface area (Å²) in [4.78, 5) is 23.4. The number of hydrogen-bond acceptors (Lipinski definition) is 5. The number of halogens is 1. The molecule has 2 aliphatic rings. The van der Waals surface area contributed by atoms with Crippen LogP contribution in [0, 0.1) is 18.2 Å². The zero-order valence-electron chi connectivity index (χ0n) is 20.8. The molecule has 0 saturated heterocycles. The van der Waals surface area contributed by atoms with E-state index in [1.165, 1.54) is 12.1 Å². The molecule has 6 nitrogen and oxygen atoms in total. The van der Waals surface area contributed by atoms with E-state index < -0.39 is 20.5 Å². The predicted molar refractivity (Wildman–Crippen MR) is 142 cm³/mol. The van der Waals surface area contributed by atoms with Crippen LogP contribution in [-0.4, -0.2) is 34.0 Å². The number of imidazole rings is 1. The first-order valence-electron chi connectivity index (χ1n) is 12.6. The van der Waals surface area contributed by atoms with Gasteiger partial charge in [0.1, 0.15) is 11.5 Å². The van der Waals surface area contributed by atoms with E-state index in [-0.39, 0.29) is 29.3 Å². The van der Waals surface area contributed by atoms with E-state index in [9.17, 15) is 17.6 Å². The third-order valence-corrected chi connectivity index (χ3v) is 10.0. The molecule has 2 aromatic heterocycles. The molecule has 2 atom stereocenters. The van der Waals surface area contributed by atoms with Crippen LogP contribution in [-0.2, 0) is 16.3 Å². The number of hydrogen-bond donors (Lipinski definition) is 0. The Balaban J connectivity index is 1.45. The number of carbonyl (C=O) groups excluding carboxylic acids is 1. The number of Topliss-reactive ketones (excluding diaryl/α,β-unsaturated/α-hetero) is 1. The van der Waals surface area contributed by atoms with Crippen LogP contribution in [0.5, 0.6) is 0 Å². The summed E-state index contributed by atoms with van der Waals surface area (Å²) in [6.07, 6.45) is 6.54. The summed E-state index contributed by atoms with van der Waals surface area (Å²) < 4.78 is 42.9. The SMILES string of the molecule is Cc1ccc(S(=O)(=O)[C@H]2CCC3=Cc4c(ncn4-c4ccc(F)cc4)C[C@]3(C(=O)c3ccccn3)C2)cc1. The van der Waals surface area contributed by atoms with Crippen molar-refractivity contribution in [2.45, 2.75) is 42.8 Å². The van der Waals surface area contributed by atoms with Gasteiger partial charge in [-0.25, -0.2) is 17.8 Å². The number of carbonyl (C=O) groups is 1. The Morgan fingerprint density at radius 2 is 1.79 bits per heavy atom. The lowest BCUT2D eigenvalue weighted by Gasteiger charge is -2.43. The second-order valence-corrected chi connectivity index (χ2v) is 12.3. The molecule has 4 aromatic rings. The van der Waals surface area contributed by atoms with Crippen molar-refractivity contribution < 1.29 is 17.6 Å². The molecular weight excluding hydrogens is 501 g/mol. The van der Waals surface area contributed by atoms with Crippen molar-refractivity contribution in [2.75, 3.05) is 0 Å². The molecule has 0 aliphatic heterocycles. The van der Waals surface area contributed by atoms with E-state index >= 15 is 0 Å². The monoisotopic (exact) mass is 527 g/mol. The lowest BCUT2D eigenvalue weighted by atomic mass is 9.62. The summed E-state index contributed by atoms with van der Waals surface area (Å²) in [6.45, 7) is 1.92. The molecule has 1 saturated carbocycles. The van der Waals surface area contributed by atoms with Gasteiger partial charge in [0.2, 0.25) is 0 Å². The van der Waals surface area contributed by atoms with Crippen LogP contribution in [0.4, 0.5) is 4.39 Å². The van der Waals surface area contributed by atoms with E-state index in [4.69, 9.17) is 0 Å². The van der Waals surface area contributed by atoms with E-state index in [1.807, 2.05) is 17.6 Å². The number of benzene rings is 2. The Morgan fingerprint density at radius 3 is 2.50 bits per heavy atom. The normalized spacial score (nSPS) is 20.8. The van der Waals surface area contributed by atoms with E-state index in [2.05, 4.69) is 9.97 Å². The second-order valence-electron chi connectivity index (χ2n) is 10.1. The number of fused-ring (bicyclic) bond motifs is 2. The number of sulfone groups is 1. The van der Waals surface area contributed by atoms with Crippen molar-refractivity contribution in [3.05, 3.63) is 113 Å². The van der Waals surface area contributed by atoms with Gasteiger partial charge in [0.25, 0.3) is 0 Å². The second kappa shape index (κ2) is 9.13. The third-order valence-electron chi connectivity index (χ3n) is 7.82. The highest BCUT2D eigenvalue weighted by atomic mass is 32.2. The molecule has 2 aliphatic carbocycles.